The number of rotatable bonds is 4. The molecule has 1 aromatic carbocycles. The molecule has 1 saturated heterocycles. The van der Waals surface area contributed by atoms with Crippen LogP contribution in [-0.2, 0) is 10.6 Å². The highest BCUT2D eigenvalue weighted by Crippen LogP contribution is 2.17. The number of ether oxygens (including phenoxy) is 1. The molecule has 0 aromatic heterocycles. The summed E-state index contributed by atoms with van der Waals surface area (Å²) < 4.78 is 5.33. The van der Waals surface area contributed by atoms with Gasteiger partial charge in [0.05, 0.1) is 6.61 Å². The zero-order valence-electron chi connectivity index (χ0n) is 10.5. The third kappa shape index (κ3) is 3.24. The quantitative estimate of drug-likeness (QED) is 0.852. The number of carbonyl (C=O) groups excluding carboxylic acids is 1. The van der Waals surface area contributed by atoms with E-state index in [2.05, 4.69) is 5.32 Å². The third-order valence-corrected chi connectivity index (χ3v) is 3.68. The second-order valence-electron chi connectivity index (χ2n) is 4.72. The minimum absolute atomic E-state index is 0.0404. The Hall–Kier alpha value is -1.06. The summed E-state index contributed by atoms with van der Waals surface area (Å²) in [5.74, 6) is 0.805. The van der Waals surface area contributed by atoms with Crippen molar-refractivity contribution in [3.05, 3.63) is 35.4 Å². The maximum absolute atomic E-state index is 12.1. The second kappa shape index (κ2) is 6.21. The zero-order chi connectivity index (χ0) is 13.0. The fourth-order valence-electron chi connectivity index (χ4n) is 2.15. The van der Waals surface area contributed by atoms with Gasteiger partial charge in [-0.1, -0.05) is 12.1 Å². The smallest absolute Gasteiger partial charge is 0.251 e. The van der Waals surface area contributed by atoms with E-state index in [-0.39, 0.29) is 11.9 Å². The van der Waals surface area contributed by atoms with Crippen molar-refractivity contribution >= 4 is 17.5 Å². The summed E-state index contributed by atoms with van der Waals surface area (Å²) in [6, 6.07) is 7.55. The maximum Gasteiger partial charge on any atom is 0.251 e. The van der Waals surface area contributed by atoms with Crippen LogP contribution in [0.2, 0.25) is 0 Å². The first-order valence-electron chi connectivity index (χ1n) is 6.24. The molecule has 3 nitrogen and oxygen atoms in total. The Labute approximate surface area is 112 Å². The Kier molecular flexibility index (Phi) is 4.61. The fourth-order valence-corrected chi connectivity index (χ4v) is 2.32. The van der Waals surface area contributed by atoms with Gasteiger partial charge in [-0.3, -0.25) is 4.79 Å². The van der Waals surface area contributed by atoms with E-state index in [1.165, 1.54) is 0 Å². The van der Waals surface area contributed by atoms with E-state index in [9.17, 15) is 4.79 Å². The fraction of sp³-hybridized carbons (Fsp3) is 0.500. The molecule has 1 heterocycles. The van der Waals surface area contributed by atoms with Gasteiger partial charge in [0.25, 0.3) is 5.91 Å². The highest BCUT2D eigenvalue weighted by Gasteiger charge is 2.23. The normalized spacial score (nSPS) is 20.7. The molecular weight excluding hydrogens is 250 g/mol. The number of benzene rings is 1. The van der Waals surface area contributed by atoms with Crippen molar-refractivity contribution in [3.63, 3.8) is 0 Å². The summed E-state index contributed by atoms with van der Waals surface area (Å²) in [4.78, 5) is 12.1. The summed E-state index contributed by atoms with van der Waals surface area (Å²) in [5, 5.41) is 3.03. The second-order valence-corrected chi connectivity index (χ2v) is 4.99. The van der Waals surface area contributed by atoms with Crippen molar-refractivity contribution in [2.45, 2.75) is 25.3 Å². The van der Waals surface area contributed by atoms with Crippen LogP contribution in [0.1, 0.15) is 29.3 Å². The maximum atomic E-state index is 12.1. The number of hydrogen-bond donors (Lipinski definition) is 1. The highest BCUT2D eigenvalue weighted by molar-refractivity contribution is 6.17. The number of nitrogens with one attached hydrogen (secondary N) is 1. The van der Waals surface area contributed by atoms with Crippen molar-refractivity contribution in [2.24, 2.45) is 5.92 Å². The molecule has 1 aliphatic rings. The Morgan fingerprint density at radius 1 is 1.61 bits per heavy atom. The molecule has 0 radical (unpaired) electrons. The molecule has 2 atom stereocenters. The first-order chi connectivity index (χ1) is 8.70. The average Bonchev–Trinajstić information content (AvgIpc) is 2.92. The highest BCUT2D eigenvalue weighted by atomic mass is 35.5. The molecule has 1 fully saturated rings. The Morgan fingerprint density at radius 3 is 3.11 bits per heavy atom. The first kappa shape index (κ1) is 13.4. The van der Waals surface area contributed by atoms with Gasteiger partial charge in [0, 0.05) is 30.0 Å². The summed E-state index contributed by atoms with van der Waals surface area (Å²) in [6.45, 7) is 3.57. The van der Waals surface area contributed by atoms with Gasteiger partial charge in [-0.15, -0.1) is 11.6 Å². The van der Waals surface area contributed by atoms with Gasteiger partial charge >= 0.3 is 0 Å². The molecule has 1 amide bonds. The van der Waals surface area contributed by atoms with Crippen LogP contribution in [0.25, 0.3) is 0 Å². The standard InChI is InChI=1S/C14H18ClNO2/c1-10(13-5-6-18-9-13)16-14(17)12-4-2-3-11(7-12)8-15/h2-4,7,10,13H,5-6,8-9H2,1H3,(H,16,17). The largest absolute Gasteiger partial charge is 0.381 e. The Balaban J connectivity index is 1.97. The first-order valence-corrected chi connectivity index (χ1v) is 6.77. The number of carbonyl (C=O) groups is 1. The Bertz CT molecular complexity index is 416. The summed E-state index contributed by atoms with van der Waals surface area (Å²) in [5.41, 5.74) is 1.63. The van der Waals surface area contributed by atoms with E-state index in [0.29, 0.717) is 17.4 Å². The van der Waals surface area contributed by atoms with Gasteiger partial charge in [-0.25, -0.2) is 0 Å². The molecule has 0 saturated carbocycles. The van der Waals surface area contributed by atoms with Crippen LogP contribution in [-0.4, -0.2) is 25.2 Å². The van der Waals surface area contributed by atoms with Crippen molar-refractivity contribution in [1.29, 1.82) is 0 Å². The third-order valence-electron chi connectivity index (χ3n) is 3.37. The lowest BCUT2D eigenvalue weighted by Gasteiger charge is -2.19. The van der Waals surface area contributed by atoms with E-state index in [4.69, 9.17) is 16.3 Å². The molecule has 1 aliphatic heterocycles. The molecule has 0 bridgehead atoms. The van der Waals surface area contributed by atoms with Crippen molar-refractivity contribution in [2.75, 3.05) is 13.2 Å². The molecule has 98 valence electrons. The minimum atomic E-state index is -0.0404. The van der Waals surface area contributed by atoms with Gasteiger partial charge in [0.2, 0.25) is 0 Å². The van der Waals surface area contributed by atoms with E-state index in [1.54, 1.807) is 0 Å². The monoisotopic (exact) mass is 267 g/mol. The predicted molar refractivity (Wildman–Crippen MR) is 71.9 cm³/mol. The minimum Gasteiger partial charge on any atom is -0.381 e. The lowest BCUT2D eigenvalue weighted by molar-refractivity contribution is 0.0922. The zero-order valence-corrected chi connectivity index (χ0v) is 11.2. The van der Waals surface area contributed by atoms with Gasteiger partial charge in [-0.05, 0) is 31.0 Å². The molecule has 2 unspecified atom stereocenters. The molecular formula is C14H18ClNO2. The number of alkyl halides is 1. The average molecular weight is 268 g/mol. The van der Waals surface area contributed by atoms with Crippen LogP contribution in [0.3, 0.4) is 0 Å². The number of halogens is 1. The summed E-state index contributed by atoms with van der Waals surface area (Å²) >= 11 is 5.76. The number of hydrogen-bond acceptors (Lipinski definition) is 2. The van der Waals surface area contributed by atoms with Crippen LogP contribution in [0, 0.1) is 5.92 Å². The topological polar surface area (TPSA) is 38.3 Å². The van der Waals surface area contributed by atoms with Gasteiger partial charge < -0.3 is 10.1 Å². The SMILES string of the molecule is CC(NC(=O)c1cccc(CCl)c1)C1CCOC1. The molecule has 1 N–H and O–H groups in total. The van der Waals surface area contributed by atoms with Crippen LogP contribution in [0.15, 0.2) is 24.3 Å². The van der Waals surface area contributed by atoms with Crippen molar-refractivity contribution < 1.29 is 9.53 Å². The lowest BCUT2D eigenvalue weighted by atomic mass is 10.0. The van der Waals surface area contributed by atoms with Crippen LogP contribution in [0.5, 0.6) is 0 Å². The van der Waals surface area contributed by atoms with Gasteiger partial charge in [0.1, 0.15) is 0 Å². The molecule has 18 heavy (non-hydrogen) atoms. The van der Waals surface area contributed by atoms with E-state index >= 15 is 0 Å². The predicted octanol–water partition coefficient (Wildman–Crippen LogP) is 2.58. The summed E-state index contributed by atoms with van der Waals surface area (Å²) in [7, 11) is 0. The summed E-state index contributed by atoms with van der Waals surface area (Å²) in [6.07, 6.45) is 1.02. The van der Waals surface area contributed by atoms with Crippen LogP contribution < -0.4 is 5.32 Å². The van der Waals surface area contributed by atoms with Crippen LogP contribution in [0.4, 0.5) is 0 Å². The molecule has 0 spiro atoms. The van der Waals surface area contributed by atoms with Gasteiger partial charge in [-0.2, -0.15) is 0 Å². The van der Waals surface area contributed by atoms with E-state index in [1.807, 2.05) is 31.2 Å². The van der Waals surface area contributed by atoms with Crippen molar-refractivity contribution in [1.82, 2.24) is 5.32 Å². The molecule has 2 rings (SSSR count). The number of amides is 1. The van der Waals surface area contributed by atoms with Crippen molar-refractivity contribution in [3.8, 4) is 0 Å². The molecule has 1 aromatic rings. The lowest BCUT2D eigenvalue weighted by Crippen LogP contribution is -2.38. The van der Waals surface area contributed by atoms with E-state index < -0.39 is 0 Å². The van der Waals surface area contributed by atoms with E-state index in [0.717, 1.165) is 25.2 Å². The Morgan fingerprint density at radius 2 is 2.44 bits per heavy atom. The molecule has 0 aliphatic carbocycles. The van der Waals surface area contributed by atoms with Gasteiger partial charge in [0.15, 0.2) is 0 Å². The van der Waals surface area contributed by atoms with Crippen LogP contribution >= 0.6 is 11.6 Å². The molecule has 4 heteroatoms.